The van der Waals surface area contributed by atoms with Crippen LogP contribution in [0, 0.1) is 23.0 Å². The summed E-state index contributed by atoms with van der Waals surface area (Å²) < 4.78 is 26.0. The monoisotopic (exact) mass is 292 g/mol. The van der Waals surface area contributed by atoms with E-state index in [1.807, 2.05) is 24.3 Å². The van der Waals surface area contributed by atoms with Crippen molar-refractivity contribution in [3.63, 3.8) is 0 Å². The molecule has 0 radical (unpaired) electrons. The summed E-state index contributed by atoms with van der Waals surface area (Å²) in [5.74, 6) is -1.90. The third-order valence-electron chi connectivity index (χ3n) is 2.86. The van der Waals surface area contributed by atoms with E-state index in [0.29, 0.717) is 17.1 Å². The largest absolute Gasteiger partial charge is 0.294 e. The Hall–Kier alpha value is -1.96. The second-order valence-corrected chi connectivity index (χ2v) is 4.62. The molecule has 0 aliphatic rings. The molecule has 0 saturated carbocycles. The van der Waals surface area contributed by atoms with Crippen LogP contribution < -0.4 is 5.32 Å². The molecule has 2 aromatic rings. The first kappa shape index (κ1) is 14.4. The molecule has 0 fully saturated rings. The van der Waals surface area contributed by atoms with E-state index >= 15 is 0 Å². The van der Waals surface area contributed by atoms with E-state index in [0.717, 1.165) is 17.7 Å². The Labute approximate surface area is 120 Å². The fourth-order valence-electron chi connectivity index (χ4n) is 1.78. The third-order valence-corrected chi connectivity index (χ3v) is 3.23. The Kier molecular flexibility index (Phi) is 4.67. The van der Waals surface area contributed by atoms with Crippen LogP contribution in [0.4, 0.5) is 8.78 Å². The van der Waals surface area contributed by atoms with Crippen molar-refractivity contribution in [2.24, 2.45) is 0 Å². The molecule has 0 heterocycles. The van der Waals surface area contributed by atoms with Crippen LogP contribution in [-0.4, -0.2) is 0 Å². The Morgan fingerprint density at radius 3 is 2.55 bits per heavy atom. The van der Waals surface area contributed by atoms with Crippen molar-refractivity contribution in [3.05, 3.63) is 70.2 Å². The van der Waals surface area contributed by atoms with Gasteiger partial charge in [0, 0.05) is 11.6 Å². The third kappa shape index (κ3) is 3.32. The van der Waals surface area contributed by atoms with E-state index in [4.69, 9.17) is 16.9 Å². The number of nitrogens with zero attached hydrogens (tertiary/aromatic N) is 1. The number of nitriles is 1. The van der Waals surface area contributed by atoms with Gasteiger partial charge in [0.1, 0.15) is 6.04 Å². The zero-order chi connectivity index (χ0) is 14.5. The first-order valence-corrected chi connectivity index (χ1v) is 6.31. The average Bonchev–Trinajstić information content (AvgIpc) is 2.45. The van der Waals surface area contributed by atoms with Gasteiger partial charge in [-0.05, 0) is 29.3 Å². The molecule has 1 atom stereocenters. The number of nitrogens with one attached hydrogen (secondary N) is 1. The van der Waals surface area contributed by atoms with Crippen LogP contribution in [-0.2, 0) is 6.54 Å². The van der Waals surface area contributed by atoms with E-state index in [-0.39, 0.29) is 0 Å². The SMILES string of the molecule is N#CC(NCc1ccccc1Cl)c1ccc(F)c(F)c1. The number of halogens is 3. The highest BCUT2D eigenvalue weighted by Crippen LogP contribution is 2.19. The molecule has 2 aromatic carbocycles. The molecule has 0 spiro atoms. The normalized spacial score (nSPS) is 11.9. The molecule has 0 amide bonds. The van der Waals surface area contributed by atoms with Gasteiger partial charge in [-0.25, -0.2) is 8.78 Å². The van der Waals surface area contributed by atoms with Crippen LogP contribution in [0.25, 0.3) is 0 Å². The zero-order valence-corrected chi connectivity index (χ0v) is 11.2. The van der Waals surface area contributed by atoms with Gasteiger partial charge < -0.3 is 0 Å². The predicted molar refractivity (Wildman–Crippen MR) is 73.0 cm³/mol. The van der Waals surface area contributed by atoms with E-state index in [1.54, 1.807) is 6.07 Å². The summed E-state index contributed by atoms with van der Waals surface area (Å²) in [5, 5.41) is 12.7. The fourth-order valence-corrected chi connectivity index (χ4v) is 1.99. The van der Waals surface area contributed by atoms with Crippen LogP contribution >= 0.6 is 11.6 Å². The van der Waals surface area contributed by atoms with Crippen LogP contribution in [0.3, 0.4) is 0 Å². The van der Waals surface area contributed by atoms with Gasteiger partial charge in [-0.1, -0.05) is 35.9 Å². The summed E-state index contributed by atoms with van der Waals surface area (Å²) in [6.45, 7) is 0.358. The molecular weight excluding hydrogens is 282 g/mol. The van der Waals surface area contributed by atoms with Gasteiger partial charge in [0.2, 0.25) is 0 Å². The van der Waals surface area contributed by atoms with Gasteiger partial charge >= 0.3 is 0 Å². The van der Waals surface area contributed by atoms with Gasteiger partial charge in [-0.3, -0.25) is 5.32 Å². The van der Waals surface area contributed by atoms with Gasteiger partial charge in [0.05, 0.1) is 6.07 Å². The molecule has 0 bridgehead atoms. The molecule has 2 nitrogen and oxygen atoms in total. The van der Waals surface area contributed by atoms with Crippen LogP contribution in [0.1, 0.15) is 17.2 Å². The van der Waals surface area contributed by atoms with E-state index < -0.39 is 17.7 Å². The van der Waals surface area contributed by atoms with Crippen molar-refractivity contribution in [3.8, 4) is 6.07 Å². The fraction of sp³-hybridized carbons (Fsp3) is 0.133. The molecule has 0 saturated heterocycles. The van der Waals surface area contributed by atoms with Crippen molar-refractivity contribution in [2.75, 3.05) is 0 Å². The van der Waals surface area contributed by atoms with Gasteiger partial charge in [0.25, 0.3) is 0 Å². The van der Waals surface area contributed by atoms with Crippen LogP contribution in [0.2, 0.25) is 5.02 Å². The lowest BCUT2D eigenvalue weighted by Crippen LogP contribution is -2.19. The van der Waals surface area contributed by atoms with Crippen LogP contribution in [0.5, 0.6) is 0 Å². The van der Waals surface area contributed by atoms with E-state index in [2.05, 4.69) is 5.32 Å². The minimum Gasteiger partial charge on any atom is -0.294 e. The highest BCUT2D eigenvalue weighted by atomic mass is 35.5. The van der Waals surface area contributed by atoms with Crippen molar-refractivity contribution >= 4 is 11.6 Å². The number of hydrogen-bond acceptors (Lipinski definition) is 2. The highest BCUT2D eigenvalue weighted by molar-refractivity contribution is 6.31. The summed E-state index contributed by atoms with van der Waals surface area (Å²) in [6, 6.07) is 11.9. The maximum Gasteiger partial charge on any atom is 0.159 e. The van der Waals surface area contributed by atoms with Gasteiger partial charge in [-0.2, -0.15) is 5.26 Å². The summed E-state index contributed by atoms with van der Waals surface area (Å²) in [7, 11) is 0. The average molecular weight is 293 g/mol. The molecule has 1 N–H and O–H groups in total. The van der Waals surface area contributed by atoms with Crippen LogP contribution in [0.15, 0.2) is 42.5 Å². The Morgan fingerprint density at radius 1 is 1.15 bits per heavy atom. The second kappa shape index (κ2) is 6.47. The van der Waals surface area contributed by atoms with Gasteiger partial charge in [-0.15, -0.1) is 0 Å². The lowest BCUT2D eigenvalue weighted by molar-refractivity contribution is 0.504. The summed E-state index contributed by atoms with van der Waals surface area (Å²) in [4.78, 5) is 0. The molecule has 0 aromatic heterocycles. The first-order chi connectivity index (χ1) is 9.61. The van der Waals surface area contributed by atoms with E-state index in [9.17, 15) is 8.78 Å². The molecular formula is C15H11ClF2N2. The lowest BCUT2D eigenvalue weighted by Gasteiger charge is -2.13. The summed E-state index contributed by atoms with van der Waals surface area (Å²) >= 11 is 6.01. The molecule has 0 aliphatic carbocycles. The van der Waals surface area contributed by atoms with Crippen molar-refractivity contribution < 1.29 is 8.78 Å². The Morgan fingerprint density at radius 2 is 1.90 bits per heavy atom. The van der Waals surface area contributed by atoms with Gasteiger partial charge in [0.15, 0.2) is 11.6 Å². The minimum atomic E-state index is -0.970. The van der Waals surface area contributed by atoms with Crippen molar-refractivity contribution in [2.45, 2.75) is 12.6 Å². The maximum atomic E-state index is 13.2. The Balaban J connectivity index is 2.12. The molecule has 102 valence electrons. The smallest absolute Gasteiger partial charge is 0.159 e. The Bertz CT molecular complexity index is 653. The minimum absolute atomic E-state index is 0.358. The summed E-state index contributed by atoms with van der Waals surface area (Å²) in [5.41, 5.74) is 1.20. The topological polar surface area (TPSA) is 35.8 Å². The zero-order valence-electron chi connectivity index (χ0n) is 10.4. The number of benzene rings is 2. The lowest BCUT2D eigenvalue weighted by atomic mass is 10.1. The predicted octanol–water partition coefficient (Wildman–Crippen LogP) is 3.97. The quantitative estimate of drug-likeness (QED) is 0.925. The van der Waals surface area contributed by atoms with Crippen molar-refractivity contribution in [1.82, 2.24) is 5.32 Å². The molecule has 20 heavy (non-hydrogen) atoms. The van der Waals surface area contributed by atoms with Crippen molar-refractivity contribution in [1.29, 1.82) is 5.26 Å². The maximum absolute atomic E-state index is 13.2. The molecule has 2 rings (SSSR count). The summed E-state index contributed by atoms with van der Waals surface area (Å²) in [6.07, 6.45) is 0. The second-order valence-electron chi connectivity index (χ2n) is 4.21. The molecule has 0 aliphatic heterocycles. The molecule has 5 heteroatoms. The number of rotatable bonds is 4. The standard InChI is InChI=1S/C15H11ClF2N2/c16-12-4-2-1-3-11(12)9-20-15(8-19)10-5-6-13(17)14(18)7-10/h1-7,15,20H,9H2. The first-order valence-electron chi connectivity index (χ1n) is 5.93. The van der Waals surface area contributed by atoms with E-state index in [1.165, 1.54) is 6.07 Å². The number of hydrogen-bond donors (Lipinski definition) is 1. The molecule has 1 unspecified atom stereocenters. The highest BCUT2D eigenvalue weighted by Gasteiger charge is 2.13.